The van der Waals surface area contributed by atoms with Crippen molar-refractivity contribution in [3.05, 3.63) is 40.7 Å². The second-order valence-electron chi connectivity index (χ2n) is 10.3. The number of ether oxygens (including phenoxy) is 8. The Hall–Kier alpha value is -1.76. The third-order valence-electron chi connectivity index (χ3n) is 7.11. The van der Waals surface area contributed by atoms with Crippen LogP contribution in [0.4, 0.5) is 0 Å². The van der Waals surface area contributed by atoms with Crippen LogP contribution in [0, 0.1) is 0 Å². The molecule has 2 N–H and O–H groups in total. The Kier molecular flexibility index (Phi) is 11.8. The zero-order chi connectivity index (χ0) is 27.6. The molecule has 1 aromatic carbocycles. The lowest BCUT2D eigenvalue weighted by atomic mass is 9.75. The molecule has 2 unspecified atom stereocenters. The van der Waals surface area contributed by atoms with Crippen molar-refractivity contribution in [1.82, 2.24) is 0 Å². The lowest BCUT2D eigenvalue weighted by molar-refractivity contribution is -0.243. The van der Waals surface area contributed by atoms with Crippen LogP contribution in [0.3, 0.4) is 0 Å². The zero-order valence-corrected chi connectivity index (χ0v) is 23.7. The van der Waals surface area contributed by atoms with Crippen LogP contribution < -0.4 is 10.7 Å². The van der Waals surface area contributed by atoms with Crippen LogP contribution in [0.2, 0.25) is 0 Å². The second kappa shape index (κ2) is 14.6. The molecule has 0 spiro atoms. The molecule has 216 valence electrons. The van der Waals surface area contributed by atoms with Gasteiger partial charge in [0.15, 0.2) is 0 Å². The Morgan fingerprint density at radius 1 is 0.737 bits per heavy atom. The van der Waals surface area contributed by atoms with Crippen LogP contribution >= 0.6 is 0 Å². The lowest BCUT2D eigenvalue weighted by Gasteiger charge is -2.54. The molecule has 2 aliphatic rings. The van der Waals surface area contributed by atoms with E-state index in [4.69, 9.17) is 48.6 Å². The number of hydrogen-bond donors (Lipinski definition) is 1. The average molecular weight is 540 g/mol. The summed E-state index contributed by atoms with van der Waals surface area (Å²) in [6.45, 7) is 12.9. The summed E-state index contributed by atoms with van der Waals surface area (Å²) in [4.78, 5) is 5.13. The fraction of sp³-hybridized carbons (Fsp3) is 0.714. The molecule has 0 amide bonds. The summed E-state index contributed by atoms with van der Waals surface area (Å²) in [5, 5.41) is 0. The van der Waals surface area contributed by atoms with Gasteiger partial charge in [-0.05, 0) is 62.6 Å². The number of nitrogens with two attached hydrogens (primary N) is 1. The molecule has 1 aliphatic carbocycles. The van der Waals surface area contributed by atoms with Gasteiger partial charge in [0, 0.05) is 20.1 Å². The maximum Gasteiger partial charge on any atom is 0.147 e. The number of rotatable bonds is 18. The Bertz CT molecular complexity index is 863. The molecule has 0 radical (unpaired) electrons. The normalized spacial score (nSPS) is 21.3. The minimum atomic E-state index is -0.472. The molecule has 38 heavy (non-hydrogen) atoms. The van der Waals surface area contributed by atoms with Crippen LogP contribution in [0.15, 0.2) is 24.0 Å². The number of fused-ring (bicyclic) bond motifs is 1. The van der Waals surface area contributed by atoms with Crippen LogP contribution in [0.1, 0.15) is 50.3 Å². The quantitative estimate of drug-likeness (QED) is 0.221. The predicted molar refractivity (Wildman–Crippen MR) is 141 cm³/mol. The van der Waals surface area contributed by atoms with Crippen molar-refractivity contribution >= 4 is 0 Å². The number of methoxy groups -OCH3 is 2. The lowest BCUT2D eigenvalue weighted by Crippen LogP contribution is -2.59. The first-order chi connectivity index (χ1) is 18.2. The molecule has 1 heterocycles. The Balaban J connectivity index is 1.77. The maximum atomic E-state index is 6.59. The van der Waals surface area contributed by atoms with Crippen molar-refractivity contribution in [2.75, 3.05) is 67.1 Å². The second-order valence-corrected chi connectivity index (χ2v) is 10.3. The van der Waals surface area contributed by atoms with Crippen LogP contribution in [0.25, 0.3) is 0 Å². The smallest absolute Gasteiger partial charge is 0.147 e. The van der Waals surface area contributed by atoms with Gasteiger partial charge < -0.3 is 42.7 Å². The monoisotopic (exact) mass is 539 g/mol. The fourth-order valence-electron chi connectivity index (χ4n) is 4.32. The summed E-state index contributed by atoms with van der Waals surface area (Å²) in [7, 11) is 3.29. The number of hydrogen-bond acceptors (Lipinski definition) is 10. The predicted octanol–water partition coefficient (Wildman–Crippen LogP) is 3.25. The van der Waals surface area contributed by atoms with Gasteiger partial charge in [0.25, 0.3) is 0 Å². The van der Waals surface area contributed by atoms with Crippen molar-refractivity contribution in [1.29, 1.82) is 0 Å². The minimum absolute atomic E-state index is 0.0275. The molecule has 0 aromatic heterocycles. The van der Waals surface area contributed by atoms with Gasteiger partial charge in [0.1, 0.15) is 28.8 Å². The van der Waals surface area contributed by atoms with E-state index in [1.165, 1.54) is 0 Å². The first kappa shape index (κ1) is 30.8. The molecule has 10 nitrogen and oxygen atoms in total. The fourth-order valence-corrected chi connectivity index (χ4v) is 4.32. The maximum absolute atomic E-state index is 6.59. The highest BCUT2D eigenvalue weighted by molar-refractivity contribution is 5.50. The van der Waals surface area contributed by atoms with E-state index in [1.54, 1.807) is 14.2 Å². The van der Waals surface area contributed by atoms with Crippen LogP contribution in [-0.2, 0) is 51.1 Å². The van der Waals surface area contributed by atoms with Crippen LogP contribution in [-0.4, -0.2) is 84.4 Å². The molecular weight excluding hydrogens is 494 g/mol. The molecule has 0 bridgehead atoms. The summed E-state index contributed by atoms with van der Waals surface area (Å²) >= 11 is 0. The summed E-state index contributed by atoms with van der Waals surface area (Å²) in [6.07, 6.45) is 1.92. The molecule has 1 aliphatic heterocycles. The third kappa shape index (κ3) is 7.89. The van der Waals surface area contributed by atoms with E-state index >= 15 is 0 Å². The highest BCUT2D eigenvalue weighted by Crippen LogP contribution is 2.51. The van der Waals surface area contributed by atoms with Crippen LogP contribution in [0.5, 0.6) is 5.75 Å². The molecule has 0 saturated carbocycles. The molecule has 10 heteroatoms. The van der Waals surface area contributed by atoms with E-state index in [-0.39, 0.29) is 12.0 Å². The highest BCUT2D eigenvalue weighted by atomic mass is 16.6. The summed E-state index contributed by atoms with van der Waals surface area (Å²) < 4.78 is 45.9. The SMILES string of the molecule is COCCOCCOCc1cc(ON)cc(COCCOCCOC)c1C1C=C2OC(C)(C)C(C)(C)OC21. The first-order valence-corrected chi connectivity index (χ1v) is 13.1. The summed E-state index contributed by atoms with van der Waals surface area (Å²) in [5.74, 6) is 6.94. The number of benzene rings is 1. The van der Waals surface area contributed by atoms with E-state index in [0.717, 1.165) is 22.4 Å². The first-order valence-electron chi connectivity index (χ1n) is 13.1. The Morgan fingerprint density at radius 2 is 1.24 bits per heavy atom. The van der Waals surface area contributed by atoms with Crippen molar-refractivity contribution in [3.63, 3.8) is 0 Å². The van der Waals surface area contributed by atoms with Crippen molar-refractivity contribution in [3.8, 4) is 5.75 Å². The van der Waals surface area contributed by atoms with E-state index < -0.39 is 11.2 Å². The van der Waals surface area contributed by atoms with E-state index in [1.807, 2.05) is 26.0 Å². The molecule has 1 saturated heterocycles. The summed E-state index contributed by atoms with van der Waals surface area (Å²) in [6, 6.07) is 3.81. The van der Waals surface area contributed by atoms with Gasteiger partial charge in [-0.15, -0.1) is 0 Å². The van der Waals surface area contributed by atoms with Gasteiger partial charge >= 0.3 is 0 Å². The van der Waals surface area contributed by atoms with Crippen molar-refractivity contribution < 1.29 is 42.7 Å². The van der Waals surface area contributed by atoms with Crippen molar-refractivity contribution in [2.24, 2.45) is 5.90 Å². The van der Waals surface area contributed by atoms with Gasteiger partial charge in [-0.3, -0.25) is 0 Å². The Labute approximate surface area is 226 Å². The largest absolute Gasteiger partial charge is 0.487 e. The van der Waals surface area contributed by atoms with E-state index in [2.05, 4.69) is 19.9 Å². The highest BCUT2D eigenvalue weighted by Gasteiger charge is 2.53. The molecule has 1 aromatic rings. The standard InChI is InChI=1S/C28H45NO9/c1-27(2)28(3,4)37-26-23(17-24(26)36-27)25-20(18-34-13-11-32-9-7-30-5)15-22(38-29)16-21(25)19-35-14-12-33-10-8-31-6/h15-17,23,26H,7-14,18-19,29H2,1-6H3. The molecule has 1 fully saturated rings. The van der Waals surface area contributed by atoms with Gasteiger partial charge in [-0.1, -0.05) is 0 Å². The topological polar surface area (TPSA) is 109 Å². The van der Waals surface area contributed by atoms with Crippen molar-refractivity contribution in [2.45, 2.75) is 64.1 Å². The van der Waals surface area contributed by atoms with E-state index in [9.17, 15) is 0 Å². The van der Waals surface area contributed by atoms with Gasteiger partial charge in [-0.2, -0.15) is 5.90 Å². The van der Waals surface area contributed by atoms with Gasteiger partial charge in [0.05, 0.1) is 66.1 Å². The summed E-state index contributed by atoms with van der Waals surface area (Å²) in [5.41, 5.74) is 2.05. The van der Waals surface area contributed by atoms with E-state index in [0.29, 0.717) is 71.8 Å². The molecule has 2 atom stereocenters. The zero-order valence-electron chi connectivity index (χ0n) is 23.7. The van der Waals surface area contributed by atoms with Gasteiger partial charge in [-0.25, -0.2) is 0 Å². The molecule has 3 rings (SSSR count). The van der Waals surface area contributed by atoms with Gasteiger partial charge in [0.2, 0.25) is 0 Å². The average Bonchev–Trinajstić information content (AvgIpc) is 2.88. The molecular formula is C28H45NO9. The third-order valence-corrected chi connectivity index (χ3v) is 7.11. The Morgan fingerprint density at radius 3 is 1.74 bits per heavy atom. The minimum Gasteiger partial charge on any atom is -0.487 e.